The molecule has 0 aliphatic rings. The van der Waals surface area contributed by atoms with Gasteiger partial charge in [-0.25, -0.2) is 0 Å². The lowest BCUT2D eigenvalue weighted by Crippen LogP contribution is -2.24. The number of ether oxygens (including phenoxy) is 1. The summed E-state index contributed by atoms with van der Waals surface area (Å²) in [5, 5.41) is 10.1. The van der Waals surface area contributed by atoms with Gasteiger partial charge in [0.2, 0.25) is 0 Å². The van der Waals surface area contributed by atoms with Gasteiger partial charge in [-0.2, -0.15) is 0 Å². The Morgan fingerprint density at radius 3 is 2.53 bits per heavy atom. The molecule has 0 aromatic rings. The fourth-order valence-corrected chi connectivity index (χ4v) is 1.78. The van der Waals surface area contributed by atoms with Gasteiger partial charge in [-0.3, -0.25) is 5.41 Å². The quantitative estimate of drug-likeness (QED) is 0.315. The molecule has 0 saturated heterocycles. The minimum atomic E-state index is -0.983. The molecular weight excluding hydrogens is 228 g/mol. The Labute approximate surface area is 98.4 Å². The second-order valence-electron chi connectivity index (χ2n) is 4.72. The maximum atomic E-state index is 7.04. The molecule has 0 aliphatic heterocycles. The Morgan fingerprint density at radius 2 is 2.07 bits per heavy atom. The molecule has 88 valence electrons. The van der Waals surface area contributed by atoms with Crippen LogP contribution in [-0.4, -0.2) is 26.6 Å². The Balaban J connectivity index is 3.51. The summed E-state index contributed by atoms with van der Waals surface area (Å²) >= 11 is 5.40. The van der Waals surface area contributed by atoms with Crippen molar-refractivity contribution >= 4 is 24.8 Å². The van der Waals surface area contributed by atoms with Crippen LogP contribution in [-0.2, 0) is 4.74 Å². The van der Waals surface area contributed by atoms with Crippen LogP contribution < -0.4 is 5.32 Å². The largest absolute Gasteiger partial charge is 0.366 e. The standard InChI is InChI=1S/C10H21ClN2OSi/c1-9(7-10(11)12)13-8-14-5-6-15(2,3)4/h7,12-13H,5-6,8H2,1-4H3/b9-7+,12-10?. The smallest absolute Gasteiger partial charge is 0.122 e. The Hall–Kier alpha value is -0.323. The van der Waals surface area contributed by atoms with Gasteiger partial charge >= 0.3 is 0 Å². The van der Waals surface area contributed by atoms with E-state index in [0.717, 1.165) is 12.3 Å². The first-order valence-corrected chi connectivity index (χ1v) is 9.14. The molecule has 0 aliphatic carbocycles. The summed E-state index contributed by atoms with van der Waals surface area (Å²) in [5.74, 6) is 0. The van der Waals surface area contributed by atoms with Crippen molar-refractivity contribution in [1.29, 1.82) is 5.41 Å². The zero-order valence-corrected chi connectivity index (χ0v) is 11.7. The highest BCUT2D eigenvalue weighted by molar-refractivity contribution is 6.76. The van der Waals surface area contributed by atoms with E-state index in [1.54, 1.807) is 6.08 Å². The lowest BCUT2D eigenvalue weighted by atomic mass is 10.4. The summed E-state index contributed by atoms with van der Waals surface area (Å²) in [6, 6.07) is 1.17. The van der Waals surface area contributed by atoms with E-state index in [1.165, 1.54) is 6.04 Å². The molecule has 0 amide bonds. The van der Waals surface area contributed by atoms with Crippen LogP contribution in [0.4, 0.5) is 0 Å². The summed E-state index contributed by atoms with van der Waals surface area (Å²) in [4.78, 5) is 0. The van der Waals surface area contributed by atoms with E-state index in [4.69, 9.17) is 21.7 Å². The topological polar surface area (TPSA) is 45.1 Å². The highest BCUT2D eigenvalue weighted by Gasteiger charge is 2.11. The molecule has 0 saturated carbocycles. The van der Waals surface area contributed by atoms with E-state index in [9.17, 15) is 0 Å². The van der Waals surface area contributed by atoms with Crippen LogP contribution >= 0.6 is 11.6 Å². The van der Waals surface area contributed by atoms with Gasteiger partial charge in [0, 0.05) is 20.4 Å². The summed E-state index contributed by atoms with van der Waals surface area (Å²) in [7, 11) is -0.983. The van der Waals surface area contributed by atoms with Crippen LogP contribution in [0, 0.1) is 5.41 Å². The molecule has 0 aromatic carbocycles. The zero-order chi connectivity index (χ0) is 11.9. The molecule has 0 aromatic heterocycles. The van der Waals surface area contributed by atoms with Crippen molar-refractivity contribution in [3.05, 3.63) is 11.8 Å². The molecule has 0 unspecified atom stereocenters. The molecule has 0 bridgehead atoms. The first-order chi connectivity index (χ1) is 6.81. The van der Waals surface area contributed by atoms with Gasteiger partial charge < -0.3 is 10.1 Å². The van der Waals surface area contributed by atoms with Gasteiger partial charge in [0.05, 0.1) is 0 Å². The first kappa shape index (κ1) is 14.7. The third kappa shape index (κ3) is 11.6. The molecule has 2 N–H and O–H groups in total. The monoisotopic (exact) mass is 248 g/mol. The van der Waals surface area contributed by atoms with Crippen molar-refractivity contribution in [1.82, 2.24) is 5.32 Å². The fraction of sp³-hybridized carbons (Fsp3) is 0.700. The van der Waals surface area contributed by atoms with Gasteiger partial charge in [0.25, 0.3) is 0 Å². The number of hydrogen-bond donors (Lipinski definition) is 2. The maximum Gasteiger partial charge on any atom is 0.122 e. The second kappa shape index (κ2) is 7.03. The minimum absolute atomic E-state index is 0.0297. The number of allylic oxidation sites excluding steroid dienone is 2. The van der Waals surface area contributed by atoms with Crippen molar-refractivity contribution in [2.45, 2.75) is 32.6 Å². The van der Waals surface area contributed by atoms with Crippen molar-refractivity contribution in [3.8, 4) is 0 Å². The van der Waals surface area contributed by atoms with Crippen LogP contribution in [0.25, 0.3) is 0 Å². The van der Waals surface area contributed by atoms with Gasteiger partial charge in [-0.15, -0.1) is 0 Å². The molecular formula is C10H21ClN2OSi. The summed E-state index contributed by atoms with van der Waals surface area (Å²) in [5.41, 5.74) is 0.850. The fourth-order valence-electron chi connectivity index (χ4n) is 0.857. The van der Waals surface area contributed by atoms with Crippen molar-refractivity contribution in [2.75, 3.05) is 13.3 Å². The minimum Gasteiger partial charge on any atom is -0.366 e. The Bertz CT molecular complexity index is 236. The van der Waals surface area contributed by atoms with Gasteiger partial charge in [0.1, 0.15) is 11.9 Å². The number of nitrogens with one attached hydrogen (secondary N) is 2. The zero-order valence-electron chi connectivity index (χ0n) is 9.98. The number of hydrogen-bond acceptors (Lipinski definition) is 3. The second-order valence-corrected chi connectivity index (χ2v) is 10.7. The van der Waals surface area contributed by atoms with Crippen molar-refractivity contribution in [2.24, 2.45) is 0 Å². The highest BCUT2D eigenvalue weighted by Crippen LogP contribution is 2.07. The van der Waals surface area contributed by atoms with Crippen LogP contribution in [0.5, 0.6) is 0 Å². The molecule has 5 heteroatoms. The van der Waals surface area contributed by atoms with Gasteiger partial charge in [-0.1, -0.05) is 31.2 Å². The number of halogens is 1. The van der Waals surface area contributed by atoms with Crippen LogP contribution in [0.15, 0.2) is 11.8 Å². The average Bonchev–Trinajstić information content (AvgIpc) is 1.99. The lowest BCUT2D eigenvalue weighted by molar-refractivity contribution is 0.135. The van der Waals surface area contributed by atoms with Crippen LogP contribution in [0.2, 0.25) is 25.7 Å². The molecule has 0 rings (SSSR count). The van der Waals surface area contributed by atoms with E-state index in [0.29, 0.717) is 6.73 Å². The summed E-state index contributed by atoms with van der Waals surface area (Å²) in [6.45, 7) is 10.1. The van der Waals surface area contributed by atoms with Crippen LogP contribution in [0.3, 0.4) is 0 Å². The third-order valence-electron chi connectivity index (χ3n) is 1.79. The molecule has 0 radical (unpaired) electrons. The lowest BCUT2D eigenvalue weighted by Gasteiger charge is -2.15. The predicted octanol–water partition coefficient (Wildman–Crippen LogP) is 3.01. The maximum absolute atomic E-state index is 7.04. The SMILES string of the molecule is C/C(=C\C(=N)Cl)NCOCC[Si](C)(C)C. The summed E-state index contributed by atoms with van der Waals surface area (Å²) < 4.78 is 5.43. The van der Waals surface area contributed by atoms with Gasteiger partial charge in [0.15, 0.2) is 0 Å². The molecule has 0 fully saturated rings. The van der Waals surface area contributed by atoms with Gasteiger partial charge in [-0.05, 0) is 19.0 Å². The van der Waals surface area contributed by atoms with E-state index in [1.807, 2.05) is 6.92 Å². The van der Waals surface area contributed by atoms with Crippen LogP contribution in [0.1, 0.15) is 6.92 Å². The van der Waals surface area contributed by atoms with E-state index in [2.05, 4.69) is 25.0 Å². The molecule has 0 atom stereocenters. The molecule has 15 heavy (non-hydrogen) atoms. The molecule has 3 nitrogen and oxygen atoms in total. The Morgan fingerprint density at radius 1 is 1.47 bits per heavy atom. The van der Waals surface area contributed by atoms with E-state index >= 15 is 0 Å². The Kier molecular flexibility index (Phi) is 6.88. The van der Waals surface area contributed by atoms with E-state index < -0.39 is 8.07 Å². The van der Waals surface area contributed by atoms with Crippen molar-refractivity contribution in [3.63, 3.8) is 0 Å². The average molecular weight is 249 g/mol. The summed E-state index contributed by atoms with van der Waals surface area (Å²) in [6.07, 6.45) is 1.56. The van der Waals surface area contributed by atoms with Crippen molar-refractivity contribution < 1.29 is 4.74 Å². The van der Waals surface area contributed by atoms with E-state index in [-0.39, 0.29) is 5.17 Å². The predicted molar refractivity (Wildman–Crippen MR) is 69.4 cm³/mol. The molecule has 0 spiro atoms. The first-order valence-electron chi connectivity index (χ1n) is 5.05. The third-order valence-corrected chi connectivity index (χ3v) is 3.61. The highest BCUT2D eigenvalue weighted by atomic mass is 35.5. The molecule has 0 heterocycles. The number of rotatable bonds is 7. The normalized spacial score (nSPS) is 12.7.